The van der Waals surface area contributed by atoms with Gasteiger partial charge in [0.25, 0.3) is 0 Å². The van der Waals surface area contributed by atoms with E-state index in [9.17, 15) is 4.79 Å². The molecule has 0 N–H and O–H groups in total. The van der Waals surface area contributed by atoms with E-state index in [1.807, 2.05) is 97.1 Å². The molecule has 4 aromatic carbocycles. The maximum atomic E-state index is 12.6. The summed E-state index contributed by atoms with van der Waals surface area (Å²) in [7, 11) is 1.35. The smallest absolute Gasteiger partial charge is 0.345 e. The van der Waals surface area contributed by atoms with Crippen molar-refractivity contribution in [3.05, 3.63) is 109 Å². The monoisotopic (exact) mass is 448 g/mol. The molecule has 0 fully saturated rings. The van der Waals surface area contributed by atoms with Crippen LogP contribution in [-0.2, 0) is 4.74 Å². The Morgan fingerprint density at radius 1 is 0.794 bits per heavy atom. The van der Waals surface area contributed by atoms with Crippen molar-refractivity contribution in [2.24, 2.45) is 0 Å². The molecule has 7 nitrogen and oxygen atoms in total. The van der Waals surface area contributed by atoms with Crippen LogP contribution in [0.15, 0.2) is 103 Å². The quantitative estimate of drug-likeness (QED) is 0.316. The molecular formula is C27H20N4O3. The van der Waals surface area contributed by atoms with E-state index in [1.54, 1.807) is 6.07 Å². The van der Waals surface area contributed by atoms with Crippen LogP contribution in [0.5, 0.6) is 11.8 Å². The maximum Gasteiger partial charge on any atom is 0.345 e. The van der Waals surface area contributed by atoms with Gasteiger partial charge < -0.3 is 9.47 Å². The van der Waals surface area contributed by atoms with Crippen molar-refractivity contribution in [2.45, 2.75) is 0 Å². The molecule has 166 valence electrons. The van der Waals surface area contributed by atoms with Crippen molar-refractivity contribution >= 4 is 5.97 Å². The molecule has 0 atom stereocenters. The summed E-state index contributed by atoms with van der Waals surface area (Å²) >= 11 is 0. The molecule has 1 aromatic heterocycles. The highest BCUT2D eigenvalue weighted by Crippen LogP contribution is 2.42. The van der Waals surface area contributed by atoms with E-state index < -0.39 is 5.97 Å². The fraction of sp³-hybridized carbons (Fsp3) is 0.0370. The molecule has 7 heteroatoms. The molecule has 0 aliphatic rings. The number of nitrogens with zero attached hydrogens (tertiary/aromatic N) is 4. The predicted octanol–water partition coefficient (Wildman–Crippen LogP) is 5.58. The Bertz CT molecular complexity index is 1420. The molecule has 0 saturated carbocycles. The van der Waals surface area contributed by atoms with E-state index >= 15 is 0 Å². The highest BCUT2D eigenvalue weighted by atomic mass is 16.5. The van der Waals surface area contributed by atoms with Gasteiger partial charge >= 0.3 is 12.0 Å². The molecule has 0 aliphatic heterocycles. The average Bonchev–Trinajstić information content (AvgIpc) is 3.37. The third-order valence-corrected chi connectivity index (χ3v) is 5.31. The maximum absolute atomic E-state index is 12.6. The Morgan fingerprint density at radius 3 is 2.06 bits per heavy atom. The second kappa shape index (κ2) is 9.38. The minimum atomic E-state index is -0.468. The number of esters is 1. The number of ether oxygens (including phenoxy) is 2. The second-order valence-corrected chi connectivity index (χ2v) is 7.43. The van der Waals surface area contributed by atoms with Crippen LogP contribution in [0.2, 0.25) is 0 Å². The number of benzene rings is 4. The van der Waals surface area contributed by atoms with E-state index in [0.717, 1.165) is 27.9 Å². The topological polar surface area (TPSA) is 79.1 Å². The Kier molecular flexibility index (Phi) is 5.82. The van der Waals surface area contributed by atoms with Crippen LogP contribution in [0.25, 0.3) is 27.9 Å². The first-order valence-corrected chi connectivity index (χ1v) is 10.6. The molecule has 0 radical (unpaired) electrons. The van der Waals surface area contributed by atoms with E-state index in [4.69, 9.17) is 9.47 Å². The van der Waals surface area contributed by atoms with Gasteiger partial charge in [-0.1, -0.05) is 84.0 Å². The van der Waals surface area contributed by atoms with Crippen LogP contribution in [0.1, 0.15) is 10.4 Å². The minimum Gasteiger partial charge on any atom is -0.465 e. The molecule has 0 aliphatic carbocycles. The van der Waals surface area contributed by atoms with Gasteiger partial charge in [0.05, 0.1) is 18.4 Å². The molecule has 5 rings (SSSR count). The third kappa shape index (κ3) is 4.14. The lowest BCUT2D eigenvalue weighted by molar-refractivity contribution is 0.0600. The van der Waals surface area contributed by atoms with Gasteiger partial charge in [-0.3, -0.25) is 0 Å². The van der Waals surface area contributed by atoms with E-state index in [1.165, 1.54) is 11.8 Å². The number of aromatic nitrogens is 4. The predicted molar refractivity (Wildman–Crippen MR) is 128 cm³/mol. The Balaban J connectivity index is 1.73. The van der Waals surface area contributed by atoms with Crippen molar-refractivity contribution in [3.8, 4) is 39.7 Å². The highest BCUT2D eigenvalue weighted by molar-refractivity contribution is 5.97. The first-order chi connectivity index (χ1) is 16.7. The molecule has 1 heterocycles. The zero-order valence-corrected chi connectivity index (χ0v) is 18.3. The van der Waals surface area contributed by atoms with Gasteiger partial charge in [0, 0.05) is 5.56 Å². The lowest BCUT2D eigenvalue weighted by Gasteiger charge is -2.17. The molecular weight excluding hydrogens is 428 g/mol. The first-order valence-electron chi connectivity index (χ1n) is 10.6. The summed E-state index contributed by atoms with van der Waals surface area (Å²) in [6.45, 7) is 0. The molecule has 5 aromatic rings. The number of hydrogen-bond donors (Lipinski definition) is 0. The first kappa shape index (κ1) is 21.1. The van der Waals surface area contributed by atoms with Gasteiger partial charge in [0.1, 0.15) is 5.75 Å². The average molecular weight is 448 g/mol. The van der Waals surface area contributed by atoms with Gasteiger partial charge in [0.15, 0.2) is 0 Å². The van der Waals surface area contributed by atoms with Crippen LogP contribution < -0.4 is 4.74 Å². The summed E-state index contributed by atoms with van der Waals surface area (Å²) < 4.78 is 12.8. The van der Waals surface area contributed by atoms with Crippen molar-refractivity contribution in [1.82, 2.24) is 20.2 Å². The number of tetrazole rings is 1. The molecule has 0 spiro atoms. The highest BCUT2D eigenvalue weighted by Gasteiger charge is 2.21. The largest absolute Gasteiger partial charge is 0.465 e. The van der Waals surface area contributed by atoms with E-state index in [0.29, 0.717) is 11.3 Å². The van der Waals surface area contributed by atoms with E-state index in [2.05, 4.69) is 15.5 Å². The molecule has 0 amide bonds. The Morgan fingerprint density at radius 2 is 1.41 bits per heavy atom. The summed E-state index contributed by atoms with van der Waals surface area (Å²) in [6, 6.07) is 32.8. The van der Waals surface area contributed by atoms with Crippen molar-refractivity contribution in [3.63, 3.8) is 0 Å². The van der Waals surface area contributed by atoms with Crippen molar-refractivity contribution < 1.29 is 14.3 Å². The number of carbonyl (C=O) groups is 1. The van der Waals surface area contributed by atoms with Crippen LogP contribution in [0, 0.1) is 0 Å². The van der Waals surface area contributed by atoms with Gasteiger partial charge in [-0.25, -0.2) is 4.79 Å². The molecule has 0 saturated heterocycles. The van der Waals surface area contributed by atoms with Crippen LogP contribution in [0.4, 0.5) is 0 Å². The van der Waals surface area contributed by atoms with Crippen LogP contribution in [0.3, 0.4) is 0 Å². The normalized spacial score (nSPS) is 10.6. The van der Waals surface area contributed by atoms with Crippen LogP contribution >= 0.6 is 0 Å². The van der Waals surface area contributed by atoms with Crippen LogP contribution in [-0.4, -0.2) is 33.3 Å². The Labute approximate surface area is 196 Å². The van der Waals surface area contributed by atoms with Gasteiger partial charge in [-0.15, -0.1) is 0 Å². The SMILES string of the molecule is COC(=O)c1cc(Oc2nnnn2-c2ccccc2)c(-c2ccccc2)c(-c2ccccc2)c1. The van der Waals surface area contributed by atoms with Gasteiger partial charge in [-0.2, -0.15) is 4.68 Å². The summed E-state index contributed by atoms with van der Waals surface area (Å²) in [5, 5.41) is 12.0. The third-order valence-electron chi connectivity index (χ3n) is 5.31. The fourth-order valence-electron chi connectivity index (χ4n) is 3.75. The number of hydrogen-bond acceptors (Lipinski definition) is 6. The number of para-hydroxylation sites is 1. The zero-order valence-electron chi connectivity index (χ0n) is 18.3. The standard InChI is InChI=1S/C27H20N4O3/c1-33-26(32)21-17-23(19-11-5-2-6-12-19)25(20-13-7-3-8-14-20)24(18-21)34-27-28-29-30-31(27)22-15-9-4-10-16-22/h2-18H,1H3. The Hall–Kier alpha value is -4.78. The number of methoxy groups -OCH3 is 1. The summed E-state index contributed by atoms with van der Waals surface area (Å²) in [6.07, 6.45) is 0. The van der Waals surface area contributed by atoms with Gasteiger partial charge in [0.2, 0.25) is 0 Å². The molecule has 0 unspecified atom stereocenters. The molecule has 0 bridgehead atoms. The lowest BCUT2D eigenvalue weighted by Crippen LogP contribution is -2.05. The molecule has 34 heavy (non-hydrogen) atoms. The summed E-state index contributed by atoms with van der Waals surface area (Å²) in [5.74, 6) is -0.0378. The number of carbonyl (C=O) groups excluding carboxylic acids is 1. The van der Waals surface area contributed by atoms with E-state index in [-0.39, 0.29) is 6.01 Å². The summed E-state index contributed by atoms with van der Waals surface area (Å²) in [4.78, 5) is 12.6. The summed E-state index contributed by atoms with van der Waals surface area (Å²) in [5.41, 5.74) is 4.59. The number of rotatable bonds is 6. The fourth-order valence-corrected chi connectivity index (χ4v) is 3.75. The van der Waals surface area contributed by atoms with Crippen molar-refractivity contribution in [2.75, 3.05) is 7.11 Å². The zero-order chi connectivity index (χ0) is 23.3. The van der Waals surface area contributed by atoms with Crippen molar-refractivity contribution in [1.29, 1.82) is 0 Å². The minimum absolute atomic E-state index is 0.171. The lowest BCUT2D eigenvalue weighted by atomic mass is 9.92. The second-order valence-electron chi connectivity index (χ2n) is 7.43. The van der Waals surface area contributed by atoms with Gasteiger partial charge in [-0.05, 0) is 51.4 Å².